The maximum absolute atomic E-state index is 13.5. The monoisotopic (exact) mass is 264 g/mol. The predicted octanol–water partition coefficient (Wildman–Crippen LogP) is 1.96. The molecule has 0 aliphatic heterocycles. The zero-order valence-corrected chi connectivity index (χ0v) is 10.5. The Morgan fingerprint density at radius 1 is 1.21 bits per heavy atom. The van der Waals surface area contributed by atoms with Gasteiger partial charge in [0.05, 0.1) is 20.4 Å². The molecule has 0 saturated heterocycles. The largest absolute Gasteiger partial charge is 0.493 e. The molecular formula is C12H13FN4O2. The number of halogens is 1. The second-order valence-corrected chi connectivity index (χ2v) is 3.62. The molecule has 0 bridgehead atoms. The van der Waals surface area contributed by atoms with E-state index < -0.39 is 5.82 Å². The number of nitrogen functional groups attached to an aromatic ring is 1. The van der Waals surface area contributed by atoms with E-state index in [-0.39, 0.29) is 11.8 Å². The summed E-state index contributed by atoms with van der Waals surface area (Å²) in [7, 11) is 3.06. The van der Waals surface area contributed by atoms with Gasteiger partial charge in [-0.3, -0.25) is 0 Å². The summed E-state index contributed by atoms with van der Waals surface area (Å²) in [5, 5.41) is 2.80. The fraction of sp³-hybridized carbons (Fsp3) is 0.167. The molecule has 0 spiro atoms. The fourth-order valence-electron chi connectivity index (χ4n) is 1.52. The molecule has 0 saturated carbocycles. The van der Waals surface area contributed by atoms with E-state index in [1.807, 2.05) is 0 Å². The molecule has 0 aliphatic carbocycles. The number of anilines is 3. The van der Waals surface area contributed by atoms with Crippen LogP contribution in [0.15, 0.2) is 24.4 Å². The number of hydrogen-bond acceptors (Lipinski definition) is 6. The highest BCUT2D eigenvalue weighted by atomic mass is 19.1. The van der Waals surface area contributed by atoms with Gasteiger partial charge in [0, 0.05) is 11.8 Å². The van der Waals surface area contributed by atoms with Gasteiger partial charge < -0.3 is 20.5 Å². The van der Waals surface area contributed by atoms with Crippen molar-refractivity contribution < 1.29 is 13.9 Å². The highest BCUT2D eigenvalue weighted by Crippen LogP contribution is 2.31. The number of nitrogens with zero attached hydrogens (tertiary/aromatic N) is 2. The van der Waals surface area contributed by atoms with Crippen LogP contribution in [0.3, 0.4) is 0 Å². The van der Waals surface area contributed by atoms with E-state index in [4.69, 9.17) is 15.2 Å². The van der Waals surface area contributed by atoms with Crippen LogP contribution in [0.4, 0.5) is 21.8 Å². The lowest BCUT2D eigenvalue weighted by Gasteiger charge is -2.11. The van der Waals surface area contributed by atoms with Crippen molar-refractivity contribution >= 4 is 17.5 Å². The van der Waals surface area contributed by atoms with Crippen LogP contribution in [0.25, 0.3) is 0 Å². The van der Waals surface area contributed by atoms with E-state index in [0.717, 1.165) is 6.20 Å². The normalized spacial score (nSPS) is 10.1. The van der Waals surface area contributed by atoms with Crippen LogP contribution in [0.5, 0.6) is 11.5 Å². The summed E-state index contributed by atoms with van der Waals surface area (Å²) < 4.78 is 23.7. The molecule has 0 aliphatic rings. The van der Waals surface area contributed by atoms with Gasteiger partial charge in [0.25, 0.3) is 0 Å². The number of hydrogen-bond donors (Lipinski definition) is 2. The molecule has 7 heteroatoms. The zero-order valence-electron chi connectivity index (χ0n) is 10.5. The highest BCUT2D eigenvalue weighted by Gasteiger charge is 2.08. The van der Waals surface area contributed by atoms with Crippen molar-refractivity contribution in [2.45, 2.75) is 0 Å². The van der Waals surface area contributed by atoms with Gasteiger partial charge in [-0.25, -0.2) is 9.37 Å². The van der Waals surface area contributed by atoms with Gasteiger partial charge in [-0.15, -0.1) is 0 Å². The van der Waals surface area contributed by atoms with Crippen molar-refractivity contribution in [2.24, 2.45) is 0 Å². The molecule has 0 atom stereocenters. The molecule has 1 heterocycles. The summed E-state index contributed by atoms with van der Waals surface area (Å²) in [6.07, 6.45) is 1.01. The van der Waals surface area contributed by atoms with E-state index in [2.05, 4.69) is 15.3 Å². The van der Waals surface area contributed by atoms with Crippen molar-refractivity contribution in [3.05, 3.63) is 30.2 Å². The van der Waals surface area contributed by atoms with Crippen LogP contribution >= 0.6 is 0 Å². The maximum atomic E-state index is 13.5. The minimum Gasteiger partial charge on any atom is -0.493 e. The third-order valence-corrected chi connectivity index (χ3v) is 2.41. The molecule has 1 aromatic heterocycles. The molecule has 1 aromatic carbocycles. The minimum absolute atomic E-state index is 0.000259. The number of nitrogens with two attached hydrogens (primary N) is 1. The van der Waals surface area contributed by atoms with Crippen molar-refractivity contribution in [2.75, 3.05) is 25.3 Å². The quantitative estimate of drug-likeness (QED) is 0.878. The van der Waals surface area contributed by atoms with Gasteiger partial charge in [0.2, 0.25) is 5.95 Å². The van der Waals surface area contributed by atoms with Crippen molar-refractivity contribution in [3.63, 3.8) is 0 Å². The standard InChI is InChI=1S/C12H13FN4O2/c1-18-9-4-3-7(5-10(9)19-2)16-11-8(13)6-15-12(14)17-11/h3-6H,1-2H3,(H3,14,15,16,17). The Labute approximate surface area is 109 Å². The molecule has 0 fully saturated rings. The minimum atomic E-state index is -0.594. The molecule has 19 heavy (non-hydrogen) atoms. The molecule has 6 nitrogen and oxygen atoms in total. The van der Waals surface area contributed by atoms with Gasteiger partial charge >= 0.3 is 0 Å². The van der Waals surface area contributed by atoms with Gasteiger partial charge in [0.1, 0.15) is 0 Å². The van der Waals surface area contributed by atoms with E-state index in [9.17, 15) is 4.39 Å². The Bertz CT molecular complexity index is 592. The number of benzene rings is 1. The van der Waals surface area contributed by atoms with Crippen LogP contribution in [-0.2, 0) is 0 Å². The summed E-state index contributed by atoms with van der Waals surface area (Å²) in [6.45, 7) is 0. The second kappa shape index (κ2) is 5.38. The topological polar surface area (TPSA) is 82.3 Å². The lowest BCUT2D eigenvalue weighted by molar-refractivity contribution is 0.355. The van der Waals surface area contributed by atoms with Crippen molar-refractivity contribution in [1.82, 2.24) is 9.97 Å². The molecule has 2 rings (SSSR count). The molecule has 0 amide bonds. The van der Waals surface area contributed by atoms with Gasteiger partial charge in [-0.2, -0.15) is 4.98 Å². The number of ether oxygens (including phenoxy) is 2. The Balaban J connectivity index is 2.30. The molecule has 0 unspecified atom stereocenters. The summed E-state index contributed by atoms with van der Waals surface area (Å²) in [6, 6.07) is 5.07. The molecule has 3 N–H and O–H groups in total. The summed E-state index contributed by atoms with van der Waals surface area (Å²) in [4.78, 5) is 7.32. The Hall–Kier alpha value is -2.57. The molecule has 0 radical (unpaired) electrons. The first-order chi connectivity index (χ1) is 9.13. The van der Waals surface area contributed by atoms with Crippen molar-refractivity contribution in [3.8, 4) is 11.5 Å². The summed E-state index contributed by atoms with van der Waals surface area (Å²) >= 11 is 0. The second-order valence-electron chi connectivity index (χ2n) is 3.62. The fourth-order valence-corrected chi connectivity index (χ4v) is 1.52. The Morgan fingerprint density at radius 2 is 1.95 bits per heavy atom. The van der Waals surface area contributed by atoms with E-state index in [1.165, 1.54) is 14.2 Å². The SMILES string of the molecule is COc1ccc(Nc2nc(N)ncc2F)cc1OC. The predicted molar refractivity (Wildman–Crippen MR) is 69.2 cm³/mol. The Kier molecular flexibility index (Phi) is 3.65. The maximum Gasteiger partial charge on any atom is 0.222 e. The summed E-state index contributed by atoms with van der Waals surface area (Å²) in [5.74, 6) is 0.499. The zero-order chi connectivity index (χ0) is 13.8. The third-order valence-electron chi connectivity index (χ3n) is 2.41. The third kappa shape index (κ3) is 2.82. The molecule has 2 aromatic rings. The smallest absolute Gasteiger partial charge is 0.222 e. The first-order valence-electron chi connectivity index (χ1n) is 5.41. The lowest BCUT2D eigenvalue weighted by atomic mass is 10.2. The molecular weight excluding hydrogens is 251 g/mol. The van der Waals surface area contributed by atoms with E-state index in [1.54, 1.807) is 18.2 Å². The number of nitrogens with one attached hydrogen (secondary N) is 1. The number of methoxy groups -OCH3 is 2. The van der Waals surface area contributed by atoms with Crippen LogP contribution in [0.1, 0.15) is 0 Å². The first kappa shape index (κ1) is 12.9. The van der Waals surface area contributed by atoms with Gasteiger partial charge in [-0.1, -0.05) is 0 Å². The van der Waals surface area contributed by atoms with Crippen LogP contribution in [-0.4, -0.2) is 24.2 Å². The lowest BCUT2D eigenvalue weighted by Crippen LogP contribution is -2.02. The first-order valence-corrected chi connectivity index (χ1v) is 5.41. The average Bonchev–Trinajstić information content (AvgIpc) is 2.42. The number of rotatable bonds is 4. The van der Waals surface area contributed by atoms with Gasteiger partial charge in [0.15, 0.2) is 23.1 Å². The highest BCUT2D eigenvalue weighted by molar-refractivity contribution is 5.62. The van der Waals surface area contributed by atoms with E-state index in [0.29, 0.717) is 17.2 Å². The van der Waals surface area contributed by atoms with Crippen LogP contribution in [0.2, 0.25) is 0 Å². The van der Waals surface area contributed by atoms with E-state index >= 15 is 0 Å². The van der Waals surface area contributed by atoms with Gasteiger partial charge in [-0.05, 0) is 12.1 Å². The van der Waals surface area contributed by atoms with Crippen LogP contribution < -0.4 is 20.5 Å². The Morgan fingerprint density at radius 3 is 2.63 bits per heavy atom. The molecule has 100 valence electrons. The number of aromatic nitrogens is 2. The summed E-state index contributed by atoms with van der Waals surface area (Å²) in [5.41, 5.74) is 6.00. The van der Waals surface area contributed by atoms with Crippen molar-refractivity contribution in [1.29, 1.82) is 0 Å². The average molecular weight is 264 g/mol. The van der Waals surface area contributed by atoms with Crippen LogP contribution in [0, 0.1) is 5.82 Å².